The molecular weight excluding hydrogens is 276 g/mol. The number of anilines is 1. The van der Waals surface area contributed by atoms with Gasteiger partial charge in [0.1, 0.15) is 0 Å². The van der Waals surface area contributed by atoms with Gasteiger partial charge in [-0.2, -0.15) is 0 Å². The highest BCUT2D eigenvalue weighted by Gasteiger charge is 2.22. The Balaban J connectivity index is 2.19. The average molecular weight is 294 g/mol. The fraction of sp³-hybridized carbons (Fsp3) is 0.429. The molecule has 5 nitrogen and oxygen atoms in total. The van der Waals surface area contributed by atoms with Gasteiger partial charge in [-0.25, -0.2) is 0 Å². The first-order valence-corrected chi connectivity index (χ1v) is 7.29. The molecule has 0 saturated heterocycles. The number of carbonyl (C=O) groups is 2. The van der Waals surface area contributed by atoms with Crippen LogP contribution in [0.2, 0.25) is 0 Å². The number of hydrogen-bond donors (Lipinski definition) is 2. The smallest absolute Gasteiger partial charge is 0.253 e. The van der Waals surface area contributed by atoms with Gasteiger partial charge in [0.15, 0.2) is 0 Å². The van der Waals surface area contributed by atoms with Crippen LogP contribution in [0.5, 0.6) is 0 Å². The van der Waals surface area contributed by atoms with Crippen molar-refractivity contribution in [3.63, 3.8) is 0 Å². The predicted molar refractivity (Wildman–Crippen MR) is 79.1 cm³/mol. The third kappa shape index (κ3) is 3.52. The third-order valence-electron chi connectivity index (χ3n) is 2.83. The van der Waals surface area contributed by atoms with Crippen molar-refractivity contribution in [2.75, 3.05) is 24.7 Å². The first-order valence-electron chi connectivity index (χ1n) is 6.31. The van der Waals surface area contributed by atoms with Crippen LogP contribution in [0.15, 0.2) is 23.1 Å². The summed E-state index contributed by atoms with van der Waals surface area (Å²) in [7, 11) is 1.65. The van der Waals surface area contributed by atoms with E-state index >= 15 is 0 Å². The molecule has 0 spiro atoms. The average Bonchev–Trinajstić information content (AvgIpc) is 2.34. The lowest BCUT2D eigenvalue weighted by atomic mass is 10.1. The van der Waals surface area contributed by atoms with Crippen molar-refractivity contribution in [3.05, 3.63) is 23.8 Å². The van der Waals surface area contributed by atoms with Crippen molar-refractivity contribution in [3.8, 4) is 0 Å². The number of nitrogens with one attached hydrogen (secondary N) is 1. The fourth-order valence-electron chi connectivity index (χ4n) is 2.09. The number of nitrogens with zero attached hydrogens (tertiary/aromatic N) is 1. The monoisotopic (exact) mass is 294 g/mol. The Labute approximate surface area is 122 Å². The standard InChI is InChI=1S/C14H18N2O3S/c1-14(2,19)8-16(3)13(18)9-4-5-11-10(6-9)15-12(17)7-20-11/h4-6,19H,7-8H2,1-3H3,(H,15,17). The maximum Gasteiger partial charge on any atom is 0.253 e. The zero-order valence-corrected chi connectivity index (χ0v) is 12.6. The molecule has 20 heavy (non-hydrogen) atoms. The molecule has 2 rings (SSSR count). The number of aliphatic hydroxyl groups is 1. The highest BCUT2D eigenvalue weighted by atomic mass is 32.2. The second kappa shape index (κ2) is 5.46. The van der Waals surface area contributed by atoms with Crippen LogP contribution in [0, 0.1) is 0 Å². The Kier molecular flexibility index (Phi) is 4.06. The van der Waals surface area contributed by atoms with Crippen LogP contribution < -0.4 is 5.32 Å². The molecule has 0 bridgehead atoms. The van der Waals surface area contributed by atoms with Crippen molar-refractivity contribution >= 4 is 29.3 Å². The SMILES string of the molecule is CN(CC(C)(C)O)C(=O)c1ccc2c(c1)NC(=O)CS2. The van der Waals surface area contributed by atoms with Gasteiger partial charge in [-0.05, 0) is 32.0 Å². The molecule has 0 atom stereocenters. The summed E-state index contributed by atoms with van der Waals surface area (Å²) in [6.07, 6.45) is 0. The molecule has 0 fully saturated rings. The molecule has 1 aromatic rings. The number of benzene rings is 1. The number of carbonyl (C=O) groups excluding carboxylic acids is 2. The molecule has 0 saturated carbocycles. The molecule has 6 heteroatoms. The molecule has 0 radical (unpaired) electrons. The largest absolute Gasteiger partial charge is 0.389 e. The van der Waals surface area contributed by atoms with E-state index in [0.29, 0.717) is 17.0 Å². The quantitative estimate of drug-likeness (QED) is 0.888. The van der Waals surface area contributed by atoms with E-state index in [9.17, 15) is 14.7 Å². The normalized spacial score (nSPS) is 14.5. The van der Waals surface area contributed by atoms with Crippen LogP contribution in [-0.2, 0) is 4.79 Å². The molecule has 1 aliphatic rings. The molecule has 2 amide bonds. The Morgan fingerprint density at radius 2 is 2.20 bits per heavy atom. The summed E-state index contributed by atoms with van der Waals surface area (Å²) in [5, 5.41) is 12.5. The summed E-state index contributed by atoms with van der Waals surface area (Å²) in [4.78, 5) is 26.1. The first-order chi connectivity index (χ1) is 9.26. The lowest BCUT2D eigenvalue weighted by Crippen LogP contribution is -2.39. The number of fused-ring (bicyclic) bond motifs is 1. The molecule has 1 heterocycles. The van der Waals surface area contributed by atoms with Crippen molar-refractivity contribution in [2.45, 2.75) is 24.3 Å². The summed E-state index contributed by atoms with van der Waals surface area (Å²) in [5.74, 6) is 0.163. The van der Waals surface area contributed by atoms with Crippen LogP contribution in [0.1, 0.15) is 24.2 Å². The highest BCUT2D eigenvalue weighted by molar-refractivity contribution is 8.00. The molecule has 108 valence electrons. The van der Waals surface area contributed by atoms with E-state index in [1.165, 1.54) is 16.7 Å². The summed E-state index contributed by atoms with van der Waals surface area (Å²) in [6, 6.07) is 5.26. The predicted octanol–water partition coefficient (Wildman–Crippen LogP) is 1.57. The lowest BCUT2D eigenvalue weighted by molar-refractivity contribution is -0.113. The second-order valence-electron chi connectivity index (χ2n) is 5.52. The van der Waals surface area contributed by atoms with Gasteiger partial charge in [-0.15, -0.1) is 11.8 Å². The van der Waals surface area contributed by atoms with Crippen LogP contribution in [-0.4, -0.2) is 46.8 Å². The molecule has 1 aromatic carbocycles. The zero-order valence-electron chi connectivity index (χ0n) is 11.8. The molecule has 0 unspecified atom stereocenters. The number of likely N-dealkylation sites (N-methyl/N-ethyl adjacent to an activating group) is 1. The number of amides is 2. The minimum Gasteiger partial charge on any atom is -0.389 e. The van der Waals surface area contributed by atoms with Gasteiger partial charge >= 0.3 is 0 Å². The van der Waals surface area contributed by atoms with Crippen molar-refractivity contribution in [2.24, 2.45) is 0 Å². The van der Waals surface area contributed by atoms with Crippen LogP contribution in [0.4, 0.5) is 5.69 Å². The fourth-order valence-corrected chi connectivity index (χ4v) is 2.88. The van der Waals surface area contributed by atoms with Gasteiger partial charge in [0.25, 0.3) is 5.91 Å². The Morgan fingerprint density at radius 1 is 1.50 bits per heavy atom. The van der Waals surface area contributed by atoms with Crippen LogP contribution >= 0.6 is 11.8 Å². The Bertz CT molecular complexity index is 552. The van der Waals surface area contributed by atoms with E-state index in [-0.39, 0.29) is 18.4 Å². The third-order valence-corrected chi connectivity index (χ3v) is 3.90. The molecule has 0 aromatic heterocycles. The lowest BCUT2D eigenvalue weighted by Gasteiger charge is -2.26. The summed E-state index contributed by atoms with van der Waals surface area (Å²) >= 11 is 1.46. The summed E-state index contributed by atoms with van der Waals surface area (Å²) < 4.78 is 0. The van der Waals surface area contributed by atoms with Gasteiger partial charge in [0.05, 0.1) is 17.0 Å². The second-order valence-corrected chi connectivity index (χ2v) is 6.54. The van der Waals surface area contributed by atoms with Crippen molar-refractivity contribution < 1.29 is 14.7 Å². The van der Waals surface area contributed by atoms with Gasteiger partial charge in [0, 0.05) is 24.1 Å². The Hall–Kier alpha value is -1.53. The van der Waals surface area contributed by atoms with E-state index < -0.39 is 5.60 Å². The molecule has 1 aliphatic heterocycles. The topological polar surface area (TPSA) is 69.6 Å². The molecule has 2 N–H and O–H groups in total. The van der Waals surface area contributed by atoms with Crippen LogP contribution in [0.3, 0.4) is 0 Å². The van der Waals surface area contributed by atoms with E-state index in [4.69, 9.17) is 0 Å². The zero-order chi connectivity index (χ0) is 14.9. The molecule has 0 aliphatic carbocycles. The van der Waals surface area contributed by atoms with Crippen LogP contribution in [0.25, 0.3) is 0 Å². The van der Waals surface area contributed by atoms with E-state index in [1.807, 2.05) is 6.07 Å². The molecular formula is C14H18N2O3S. The van der Waals surface area contributed by atoms with Gasteiger partial charge in [0.2, 0.25) is 5.91 Å². The minimum atomic E-state index is -0.942. The van der Waals surface area contributed by atoms with Gasteiger partial charge < -0.3 is 15.3 Å². The maximum atomic E-state index is 12.3. The Morgan fingerprint density at radius 3 is 2.85 bits per heavy atom. The first kappa shape index (κ1) is 14.9. The van der Waals surface area contributed by atoms with E-state index in [1.54, 1.807) is 33.0 Å². The maximum absolute atomic E-state index is 12.3. The minimum absolute atomic E-state index is 0.0584. The van der Waals surface area contributed by atoms with Gasteiger partial charge in [-0.3, -0.25) is 9.59 Å². The van der Waals surface area contributed by atoms with Crippen molar-refractivity contribution in [1.82, 2.24) is 4.90 Å². The summed E-state index contributed by atoms with van der Waals surface area (Å²) in [5.41, 5.74) is 0.231. The van der Waals surface area contributed by atoms with E-state index in [0.717, 1.165) is 4.90 Å². The number of hydrogen-bond acceptors (Lipinski definition) is 4. The number of rotatable bonds is 3. The summed E-state index contributed by atoms with van der Waals surface area (Å²) in [6.45, 7) is 3.55. The van der Waals surface area contributed by atoms with Crippen molar-refractivity contribution in [1.29, 1.82) is 0 Å². The van der Waals surface area contributed by atoms with Gasteiger partial charge in [-0.1, -0.05) is 0 Å². The number of thioether (sulfide) groups is 1. The van der Waals surface area contributed by atoms with E-state index in [2.05, 4.69) is 5.32 Å². The highest BCUT2D eigenvalue weighted by Crippen LogP contribution is 2.32.